The minimum atomic E-state index is -0.397. The Hall–Kier alpha value is -2.21. The smallest absolute Gasteiger partial charge is 0.274 e. The zero-order valence-corrected chi connectivity index (χ0v) is 13.6. The number of nitrogens with zero attached hydrogens (tertiary/aromatic N) is 2. The number of carbonyl (C=O) groups excluding carboxylic acids is 1. The number of rotatable bonds is 2. The average molecular weight is 362 g/mol. The quantitative estimate of drug-likeness (QED) is 0.746. The number of hydrogen-bond donors (Lipinski definition) is 1. The van der Waals surface area contributed by atoms with Crippen molar-refractivity contribution in [2.45, 2.75) is 13.8 Å². The third-order valence-electron chi connectivity index (χ3n) is 3.28. The summed E-state index contributed by atoms with van der Waals surface area (Å²) in [5.41, 5.74) is 3.12. The Morgan fingerprint density at radius 3 is 2.82 bits per heavy atom. The number of aryl methyl sites for hydroxylation is 2. The van der Waals surface area contributed by atoms with Gasteiger partial charge in [0.05, 0.1) is 10.2 Å². The van der Waals surface area contributed by atoms with Crippen LogP contribution in [-0.4, -0.2) is 15.3 Å². The standard InChI is InChI=1S/C16H13BrFN3O/c1-9-6-13(17)15-19-10(2)14(21(15)8-9)16(22)20-12-5-3-4-11(18)7-12/h3-8H,1-2H3,(H,20,22). The fourth-order valence-electron chi connectivity index (χ4n) is 2.38. The van der Waals surface area contributed by atoms with Crippen LogP contribution in [-0.2, 0) is 0 Å². The zero-order chi connectivity index (χ0) is 15.9. The van der Waals surface area contributed by atoms with E-state index in [4.69, 9.17) is 0 Å². The van der Waals surface area contributed by atoms with E-state index in [2.05, 4.69) is 26.2 Å². The van der Waals surface area contributed by atoms with Crippen molar-refractivity contribution in [3.8, 4) is 0 Å². The van der Waals surface area contributed by atoms with Crippen molar-refractivity contribution in [2.24, 2.45) is 0 Å². The van der Waals surface area contributed by atoms with Gasteiger partial charge in [-0.25, -0.2) is 9.37 Å². The van der Waals surface area contributed by atoms with Crippen molar-refractivity contribution in [3.05, 3.63) is 63.8 Å². The number of anilines is 1. The number of halogens is 2. The van der Waals surface area contributed by atoms with E-state index in [-0.39, 0.29) is 5.91 Å². The summed E-state index contributed by atoms with van der Waals surface area (Å²) in [6, 6.07) is 7.73. The minimum Gasteiger partial charge on any atom is -0.321 e. The monoisotopic (exact) mass is 361 g/mol. The summed E-state index contributed by atoms with van der Waals surface area (Å²) in [5, 5.41) is 2.70. The van der Waals surface area contributed by atoms with Crippen molar-refractivity contribution in [1.29, 1.82) is 0 Å². The number of pyridine rings is 1. The molecule has 0 fully saturated rings. The maximum absolute atomic E-state index is 13.2. The van der Waals surface area contributed by atoms with Gasteiger partial charge in [-0.3, -0.25) is 9.20 Å². The molecule has 3 aromatic rings. The van der Waals surface area contributed by atoms with Crippen LogP contribution in [0.2, 0.25) is 0 Å². The van der Waals surface area contributed by atoms with E-state index < -0.39 is 5.82 Å². The Labute approximate surface area is 135 Å². The van der Waals surface area contributed by atoms with Crippen LogP contribution < -0.4 is 5.32 Å². The first kappa shape index (κ1) is 14.7. The molecule has 0 atom stereocenters. The second-order valence-corrected chi connectivity index (χ2v) is 5.92. The number of imidazole rings is 1. The Morgan fingerprint density at radius 2 is 2.09 bits per heavy atom. The molecule has 4 nitrogen and oxygen atoms in total. The largest absolute Gasteiger partial charge is 0.321 e. The Kier molecular flexibility index (Phi) is 3.70. The van der Waals surface area contributed by atoms with Gasteiger partial charge in [0.2, 0.25) is 0 Å². The normalized spacial score (nSPS) is 10.9. The lowest BCUT2D eigenvalue weighted by molar-refractivity contribution is 0.102. The summed E-state index contributed by atoms with van der Waals surface area (Å²) in [5.74, 6) is -0.723. The molecule has 0 unspecified atom stereocenters. The van der Waals surface area contributed by atoms with Gasteiger partial charge in [-0.1, -0.05) is 6.07 Å². The number of benzene rings is 1. The molecular formula is C16H13BrFN3O. The molecule has 1 amide bonds. The molecule has 6 heteroatoms. The Bertz CT molecular complexity index is 888. The van der Waals surface area contributed by atoms with Gasteiger partial charge in [0.25, 0.3) is 5.91 Å². The minimum absolute atomic E-state index is 0.326. The third-order valence-corrected chi connectivity index (χ3v) is 3.87. The Balaban J connectivity index is 2.06. The van der Waals surface area contributed by atoms with E-state index in [1.165, 1.54) is 12.1 Å². The van der Waals surface area contributed by atoms with Crippen molar-refractivity contribution in [3.63, 3.8) is 0 Å². The zero-order valence-electron chi connectivity index (χ0n) is 12.0. The van der Waals surface area contributed by atoms with Crippen LogP contribution in [0.25, 0.3) is 5.65 Å². The molecule has 0 aliphatic heterocycles. The van der Waals surface area contributed by atoms with E-state index in [1.54, 1.807) is 23.5 Å². The van der Waals surface area contributed by atoms with E-state index in [0.717, 1.165) is 10.0 Å². The summed E-state index contributed by atoms with van der Waals surface area (Å²) >= 11 is 3.46. The third kappa shape index (κ3) is 2.62. The summed E-state index contributed by atoms with van der Waals surface area (Å²) in [4.78, 5) is 16.9. The van der Waals surface area contributed by atoms with Gasteiger partial charge < -0.3 is 5.32 Å². The van der Waals surface area contributed by atoms with Crippen LogP contribution in [0.4, 0.5) is 10.1 Å². The molecule has 22 heavy (non-hydrogen) atoms. The maximum atomic E-state index is 13.2. The van der Waals surface area contributed by atoms with Crippen LogP contribution in [0.15, 0.2) is 41.0 Å². The van der Waals surface area contributed by atoms with Gasteiger partial charge in [-0.05, 0) is 59.6 Å². The molecule has 112 valence electrons. The van der Waals surface area contributed by atoms with Gasteiger partial charge >= 0.3 is 0 Å². The van der Waals surface area contributed by atoms with Crippen molar-refractivity contribution in [2.75, 3.05) is 5.32 Å². The lowest BCUT2D eigenvalue weighted by Gasteiger charge is -2.07. The first-order valence-electron chi connectivity index (χ1n) is 6.67. The van der Waals surface area contributed by atoms with Crippen molar-refractivity contribution in [1.82, 2.24) is 9.38 Å². The molecule has 0 spiro atoms. The fraction of sp³-hybridized carbons (Fsp3) is 0.125. The highest BCUT2D eigenvalue weighted by atomic mass is 79.9. The van der Waals surface area contributed by atoms with Crippen LogP contribution in [0.1, 0.15) is 21.7 Å². The number of nitrogens with one attached hydrogen (secondary N) is 1. The second-order valence-electron chi connectivity index (χ2n) is 5.07. The van der Waals surface area contributed by atoms with E-state index in [9.17, 15) is 9.18 Å². The van der Waals surface area contributed by atoms with Gasteiger partial charge in [0.15, 0.2) is 5.65 Å². The van der Waals surface area contributed by atoms with E-state index in [1.807, 2.05) is 19.2 Å². The van der Waals surface area contributed by atoms with Crippen LogP contribution in [0, 0.1) is 19.7 Å². The molecule has 1 aromatic carbocycles. The summed E-state index contributed by atoms with van der Waals surface area (Å²) < 4.78 is 15.8. The highest BCUT2D eigenvalue weighted by Crippen LogP contribution is 2.23. The maximum Gasteiger partial charge on any atom is 0.274 e. The first-order valence-corrected chi connectivity index (χ1v) is 7.47. The van der Waals surface area contributed by atoms with Crippen LogP contribution >= 0.6 is 15.9 Å². The number of hydrogen-bond acceptors (Lipinski definition) is 2. The summed E-state index contributed by atoms with van der Waals surface area (Å²) in [6.07, 6.45) is 1.85. The van der Waals surface area contributed by atoms with E-state index in [0.29, 0.717) is 22.7 Å². The molecule has 3 rings (SSSR count). The van der Waals surface area contributed by atoms with Crippen molar-refractivity contribution < 1.29 is 9.18 Å². The molecule has 0 aliphatic rings. The predicted octanol–water partition coefficient (Wildman–Crippen LogP) is 4.11. The number of amides is 1. The molecule has 0 radical (unpaired) electrons. The number of carbonyl (C=O) groups is 1. The van der Waals surface area contributed by atoms with Gasteiger partial charge in [-0.2, -0.15) is 0 Å². The lowest BCUT2D eigenvalue weighted by Crippen LogP contribution is -2.15. The van der Waals surface area contributed by atoms with Gasteiger partial charge in [0.1, 0.15) is 11.5 Å². The second kappa shape index (κ2) is 5.53. The average Bonchev–Trinajstić information content (AvgIpc) is 2.75. The number of fused-ring (bicyclic) bond motifs is 1. The molecule has 0 bridgehead atoms. The predicted molar refractivity (Wildman–Crippen MR) is 86.7 cm³/mol. The number of aromatic nitrogens is 2. The molecule has 0 saturated carbocycles. The fourth-order valence-corrected chi connectivity index (χ4v) is 3.02. The van der Waals surface area contributed by atoms with E-state index >= 15 is 0 Å². The molecule has 2 heterocycles. The van der Waals surface area contributed by atoms with Crippen LogP contribution in [0.5, 0.6) is 0 Å². The Morgan fingerprint density at radius 1 is 1.32 bits per heavy atom. The van der Waals surface area contributed by atoms with Crippen molar-refractivity contribution >= 4 is 33.2 Å². The molecular weight excluding hydrogens is 349 g/mol. The highest BCUT2D eigenvalue weighted by molar-refractivity contribution is 9.10. The summed E-state index contributed by atoms with van der Waals surface area (Å²) in [7, 11) is 0. The summed E-state index contributed by atoms with van der Waals surface area (Å²) in [6.45, 7) is 3.71. The molecule has 1 N–H and O–H groups in total. The molecule has 2 aromatic heterocycles. The SMILES string of the molecule is Cc1cc(Br)c2nc(C)c(C(=O)Nc3cccc(F)c3)n2c1. The van der Waals surface area contributed by atoms with Gasteiger partial charge in [-0.15, -0.1) is 0 Å². The topological polar surface area (TPSA) is 46.4 Å². The van der Waals surface area contributed by atoms with Gasteiger partial charge in [0, 0.05) is 11.9 Å². The first-order chi connectivity index (χ1) is 10.5. The molecule has 0 aliphatic carbocycles. The lowest BCUT2D eigenvalue weighted by atomic mass is 10.2. The highest BCUT2D eigenvalue weighted by Gasteiger charge is 2.18. The molecule has 0 saturated heterocycles. The van der Waals surface area contributed by atoms with Crippen LogP contribution in [0.3, 0.4) is 0 Å².